The number of ether oxygens (including phenoxy) is 3. The van der Waals surface area contributed by atoms with Gasteiger partial charge in [-0.25, -0.2) is 9.36 Å². The third-order valence-corrected chi connectivity index (χ3v) is 12.8. The molecule has 13 heteroatoms. The molecule has 0 aromatic heterocycles. The van der Waals surface area contributed by atoms with E-state index in [-0.39, 0.29) is 44.0 Å². The van der Waals surface area contributed by atoms with Gasteiger partial charge >= 0.3 is 25.9 Å². The van der Waals surface area contributed by atoms with Crippen LogP contribution >= 0.6 is 7.82 Å². The summed E-state index contributed by atoms with van der Waals surface area (Å²) in [6.07, 6.45) is 23.7. The number of hydrogen-bond acceptors (Lipinski definition) is 9. The smallest absolute Gasteiger partial charge is 0.462 e. The van der Waals surface area contributed by atoms with E-state index in [4.69, 9.17) is 23.3 Å². The molecule has 362 valence electrons. The van der Waals surface area contributed by atoms with Gasteiger partial charge in [-0.3, -0.25) is 18.6 Å². The Hall–Kier alpha value is -3.28. The molecule has 0 fully saturated rings. The molecule has 2 N–H and O–H groups in total. The number of benzene rings is 2. The molecule has 2 aromatic carbocycles. The lowest BCUT2D eigenvalue weighted by atomic mass is 9.98. The predicted molar refractivity (Wildman–Crippen MR) is 255 cm³/mol. The van der Waals surface area contributed by atoms with E-state index < -0.39 is 26.5 Å². The van der Waals surface area contributed by atoms with Crippen LogP contribution in [0.2, 0.25) is 0 Å². The molecule has 0 saturated carbocycles. The minimum Gasteiger partial charge on any atom is -0.462 e. The summed E-state index contributed by atoms with van der Waals surface area (Å²) in [4.78, 5) is 48.0. The second-order valence-corrected chi connectivity index (χ2v) is 20.0. The van der Waals surface area contributed by atoms with Gasteiger partial charge in [0.15, 0.2) is 6.10 Å². The summed E-state index contributed by atoms with van der Waals surface area (Å²) in [5.41, 5.74) is 4.82. The molecule has 2 atom stereocenters. The van der Waals surface area contributed by atoms with Gasteiger partial charge in [-0.15, -0.1) is 0 Å². The Morgan fingerprint density at radius 3 is 1.61 bits per heavy atom. The van der Waals surface area contributed by atoms with Crippen molar-refractivity contribution in [3.63, 3.8) is 0 Å². The van der Waals surface area contributed by atoms with E-state index in [9.17, 15) is 23.8 Å². The van der Waals surface area contributed by atoms with Gasteiger partial charge in [0.1, 0.15) is 26.4 Å². The summed E-state index contributed by atoms with van der Waals surface area (Å²) < 4.78 is 40.0. The van der Waals surface area contributed by atoms with Gasteiger partial charge in [0, 0.05) is 25.3 Å². The summed E-state index contributed by atoms with van der Waals surface area (Å²) in [5.74, 6) is -0.803. The first-order valence-electron chi connectivity index (χ1n) is 24.7. The van der Waals surface area contributed by atoms with Crippen molar-refractivity contribution >= 4 is 25.9 Å². The van der Waals surface area contributed by atoms with Crippen LogP contribution in [0.25, 0.3) is 11.1 Å². The Kier molecular flexibility index (Phi) is 27.9. The number of carbonyl (C=O) groups excluding carboxylic acids is 3. The normalized spacial score (nSPS) is 13.8. The number of esters is 2. The van der Waals surface area contributed by atoms with Crippen molar-refractivity contribution in [2.75, 3.05) is 60.7 Å². The molecule has 12 nitrogen and oxygen atoms in total. The SMILES string of the molecule is CCCCCCCCCCCCCCCC(=O)OC[C@H](COP(=O)(O)OCC[N+](C)(C)C)OC(=O)CCCCCCCCCCCNC(=O)OCC1c2ccccc2-c2ccccc21. The average Bonchev–Trinajstić information content (AvgIpc) is 3.58. The highest BCUT2D eigenvalue weighted by atomic mass is 31.2. The minimum absolute atomic E-state index is 0.0129. The van der Waals surface area contributed by atoms with Crippen molar-refractivity contribution in [3.8, 4) is 11.1 Å². The number of carbonyl (C=O) groups is 3. The van der Waals surface area contributed by atoms with Gasteiger partial charge in [0.2, 0.25) is 0 Å². The van der Waals surface area contributed by atoms with Crippen LogP contribution in [-0.2, 0) is 37.4 Å². The second kappa shape index (κ2) is 32.4. The van der Waals surface area contributed by atoms with Crippen LogP contribution in [0.3, 0.4) is 0 Å². The largest absolute Gasteiger partial charge is 0.472 e. The maximum atomic E-state index is 12.8. The van der Waals surface area contributed by atoms with E-state index in [1.807, 2.05) is 45.4 Å². The van der Waals surface area contributed by atoms with Crippen molar-refractivity contribution in [2.45, 2.75) is 173 Å². The summed E-state index contributed by atoms with van der Waals surface area (Å²) in [6.45, 7) is 2.97. The van der Waals surface area contributed by atoms with E-state index in [2.05, 4.69) is 36.5 Å². The van der Waals surface area contributed by atoms with Crippen LogP contribution in [0.5, 0.6) is 0 Å². The lowest BCUT2D eigenvalue weighted by molar-refractivity contribution is -0.870. The number of likely N-dealkylation sites (N-methyl/N-ethyl adjacent to an activating group) is 1. The van der Waals surface area contributed by atoms with Crippen LogP contribution in [0.15, 0.2) is 48.5 Å². The Labute approximate surface area is 386 Å². The van der Waals surface area contributed by atoms with Gasteiger partial charge in [-0.2, -0.15) is 0 Å². The number of phosphoric acid groups is 1. The van der Waals surface area contributed by atoms with Crippen LogP contribution in [0, 0.1) is 0 Å². The second-order valence-electron chi connectivity index (χ2n) is 18.6. The van der Waals surface area contributed by atoms with Gasteiger partial charge in [-0.05, 0) is 41.5 Å². The molecule has 0 aliphatic heterocycles. The number of unbranched alkanes of at least 4 members (excludes halogenated alkanes) is 20. The van der Waals surface area contributed by atoms with Crippen molar-refractivity contribution in [2.24, 2.45) is 0 Å². The molecule has 1 aliphatic carbocycles. The zero-order valence-electron chi connectivity index (χ0n) is 40.0. The number of phosphoric ester groups is 1. The van der Waals surface area contributed by atoms with Crippen LogP contribution in [-0.4, -0.2) is 94.2 Å². The highest BCUT2D eigenvalue weighted by Crippen LogP contribution is 2.45. The Balaban J connectivity index is 1.22. The average molecular weight is 916 g/mol. The standard InChI is InChI=1S/C51H83N2O10P/c1-5-6-7-8-9-10-11-12-13-15-18-21-24-35-49(54)59-40-43(41-62-64(57,58)61-39-38-53(2,3)4)63-50(55)36-25-22-19-16-14-17-20-23-30-37-52-51(56)60-42-48-46-33-28-26-31-44(46)45-32-27-29-34-47(45)48/h26-29,31-34,43,48H,5-25,30,35-42H2,1-4H3,(H-,52,56,57,58)/p+1/t43-/m1/s1. The van der Waals surface area contributed by atoms with Gasteiger partial charge < -0.3 is 28.9 Å². The number of rotatable bonds is 38. The molecule has 0 heterocycles. The number of hydrogen-bond donors (Lipinski definition) is 2. The van der Waals surface area contributed by atoms with Gasteiger partial charge in [-0.1, -0.05) is 177 Å². The molecule has 1 aliphatic rings. The van der Waals surface area contributed by atoms with Crippen LogP contribution in [0.4, 0.5) is 4.79 Å². The third kappa shape index (κ3) is 24.9. The fraction of sp³-hybridized carbons (Fsp3) is 0.706. The van der Waals surface area contributed by atoms with E-state index in [0.29, 0.717) is 30.6 Å². The molecule has 0 saturated heterocycles. The third-order valence-electron chi connectivity index (χ3n) is 11.8. The van der Waals surface area contributed by atoms with Gasteiger partial charge in [0.25, 0.3) is 0 Å². The quantitative estimate of drug-likeness (QED) is 0.0219. The lowest BCUT2D eigenvalue weighted by Gasteiger charge is -2.24. The molecule has 0 bridgehead atoms. The van der Waals surface area contributed by atoms with Crippen molar-refractivity contribution < 1.29 is 51.6 Å². The first-order chi connectivity index (χ1) is 30.9. The molecule has 2 aromatic rings. The van der Waals surface area contributed by atoms with E-state index >= 15 is 0 Å². The number of alkyl carbamates (subject to hydrolysis) is 1. The topological polar surface area (TPSA) is 147 Å². The van der Waals surface area contributed by atoms with Crippen molar-refractivity contribution in [1.29, 1.82) is 0 Å². The highest BCUT2D eigenvalue weighted by molar-refractivity contribution is 7.47. The molecular weight excluding hydrogens is 832 g/mol. The summed E-state index contributed by atoms with van der Waals surface area (Å²) in [7, 11) is 1.41. The maximum absolute atomic E-state index is 12.8. The summed E-state index contributed by atoms with van der Waals surface area (Å²) in [6, 6.07) is 16.6. The van der Waals surface area contributed by atoms with Crippen molar-refractivity contribution in [1.82, 2.24) is 5.32 Å². The number of fused-ring (bicyclic) bond motifs is 3. The van der Waals surface area contributed by atoms with E-state index in [0.717, 1.165) is 70.6 Å². The maximum Gasteiger partial charge on any atom is 0.472 e. The number of nitrogens with zero attached hydrogens (tertiary/aromatic N) is 1. The Morgan fingerprint density at radius 2 is 1.09 bits per heavy atom. The number of quaternary nitrogens is 1. The molecule has 3 rings (SSSR count). The summed E-state index contributed by atoms with van der Waals surface area (Å²) in [5, 5.41) is 2.90. The molecule has 1 unspecified atom stereocenters. The highest BCUT2D eigenvalue weighted by Gasteiger charge is 2.29. The summed E-state index contributed by atoms with van der Waals surface area (Å²) >= 11 is 0. The van der Waals surface area contributed by atoms with E-state index in [1.165, 1.54) is 86.5 Å². The van der Waals surface area contributed by atoms with Crippen LogP contribution < -0.4 is 5.32 Å². The fourth-order valence-corrected chi connectivity index (χ4v) is 8.76. The number of nitrogens with one attached hydrogen (secondary N) is 1. The Morgan fingerprint density at radius 1 is 0.625 bits per heavy atom. The molecule has 1 amide bonds. The zero-order valence-corrected chi connectivity index (χ0v) is 40.9. The van der Waals surface area contributed by atoms with Crippen LogP contribution in [0.1, 0.15) is 178 Å². The van der Waals surface area contributed by atoms with E-state index in [1.54, 1.807) is 0 Å². The van der Waals surface area contributed by atoms with Crippen molar-refractivity contribution in [3.05, 3.63) is 59.7 Å². The monoisotopic (exact) mass is 916 g/mol. The first-order valence-corrected chi connectivity index (χ1v) is 26.2. The molecule has 64 heavy (non-hydrogen) atoms. The van der Waals surface area contributed by atoms with Gasteiger partial charge in [0.05, 0.1) is 27.7 Å². The molecular formula is C51H84N2O10P+. The molecule has 0 radical (unpaired) electrons. The minimum atomic E-state index is -4.41. The lowest BCUT2D eigenvalue weighted by Crippen LogP contribution is -2.37. The predicted octanol–water partition coefficient (Wildman–Crippen LogP) is 12.2. The zero-order chi connectivity index (χ0) is 46.3. The first kappa shape index (κ1) is 55.1. The fourth-order valence-electron chi connectivity index (χ4n) is 8.02. The molecule has 0 spiro atoms. The Bertz CT molecular complexity index is 1600. The number of amides is 1.